The van der Waals surface area contributed by atoms with Crippen LogP contribution in [0.25, 0.3) is 11.3 Å². The first kappa shape index (κ1) is 11.7. The van der Waals surface area contributed by atoms with E-state index < -0.39 is 0 Å². The lowest BCUT2D eigenvalue weighted by Gasteiger charge is -1.96. The number of aromatic nitrogens is 2. The van der Waals surface area contributed by atoms with Crippen molar-refractivity contribution in [3.63, 3.8) is 0 Å². The van der Waals surface area contributed by atoms with Crippen LogP contribution in [-0.2, 0) is 0 Å². The monoisotopic (exact) mass is 266 g/mol. The maximum atomic E-state index is 12.2. The van der Waals surface area contributed by atoms with Crippen LogP contribution >= 0.6 is 11.3 Å². The minimum Gasteiger partial charge on any atom is -0.286 e. The molecule has 0 fully saturated rings. The molecule has 3 nitrogen and oxygen atoms in total. The van der Waals surface area contributed by atoms with Gasteiger partial charge in [-0.05, 0) is 12.1 Å². The Hall–Kier alpha value is -2.33. The average molecular weight is 266 g/mol. The van der Waals surface area contributed by atoms with E-state index in [1.807, 2.05) is 35.7 Å². The Balaban J connectivity index is 1.92. The third-order valence-electron chi connectivity index (χ3n) is 2.71. The summed E-state index contributed by atoms with van der Waals surface area (Å²) in [5.41, 5.74) is 2.47. The number of benzene rings is 1. The highest BCUT2D eigenvalue weighted by atomic mass is 32.1. The van der Waals surface area contributed by atoms with Crippen molar-refractivity contribution in [1.82, 2.24) is 9.97 Å². The van der Waals surface area contributed by atoms with E-state index in [2.05, 4.69) is 9.97 Å². The predicted octanol–water partition coefficient (Wildman–Crippen LogP) is 3.44. The molecule has 0 N–H and O–H groups in total. The molecule has 0 spiro atoms. The summed E-state index contributed by atoms with van der Waals surface area (Å²) in [6, 6.07) is 13.2. The smallest absolute Gasteiger partial charge is 0.221 e. The molecule has 0 unspecified atom stereocenters. The molecular formula is C15H10N2OS. The summed E-state index contributed by atoms with van der Waals surface area (Å²) in [6.07, 6.45) is 3.22. The number of pyridine rings is 1. The number of thiazole rings is 1. The van der Waals surface area contributed by atoms with Crippen molar-refractivity contribution in [2.24, 2.45) is 0 Å². The van der Waals surface area contributed by atoms with Crippen LogP contribution in [0, 0.1) is 0 Å². The topological polar surface area (TPSA) is 42.9 Å². The molecule has 1 aromatic carbocycles. The maximum Gasteiger partial charge on any atom is 0.221 e. The Labute approximate surface area is 114 Å². The molecule has 0 radical (unpaired) electrons. The summed E-state index contributed by atoms with van der Waals surface area (Å²) in [5.74, 6) is -0.0606. The van der Waals surface area contributed by atoms with Crippen LogP contribution in [0.2, 0.25) is 0 Å². The number of hydrogen-bond donors (Lipinski definition) is 0. The standard InChI is InChI=1S/C15H10N2OS/c18-14(12-6-8-16-9-7-12)15-17-13(10-19-15)11-4-2-1-3-5-11/h1-10H. The van der Waals surface area contributed by atoms with Gasteiger partial charge < -0.3 is 0 Å². The molecule has 0 aliphatic heterocycles. The molecule has 19 heavy (non-hydrogen) atoms. The first-order chi connectivity index (χ1) is 9.34. The second-order valence-corrected chi connectivity index (χ2v) is 4.83. The second kappa shape index (κ2) is 5.12. The van der Waals surface area contributed by atoms with Gasteiger partial charge in [-0.2, -0.15) is 0 Å². The molecular weight excluding hydrogens is 256 g/mol. The fraction of sp³-hybridized carbons (Fsp3) is 0. The Bertz CT molecular complexity index is 692. The van der Waals surface area contributed by atoms with Gasteiger partial charge in [0.15, 0.2) is 5.01 Å². The van der Waals surface area contributed by atoms with Gasteiger partial charge in [0.1, 0.15) is 0 Å². The van der Waals surface area contributed by atoms with E-state index in [4.69, 9.17) is 0 Å². The fourth-order valence-corrected chi connectivity index (χ4v) is 2.53. The van der Waals surface area contributed by atoms with Crippen LogP contribution in [0.15, 0.2) is 60.2 Å². The van der Waals surface area contributed by atoms with Crippen molar-refractivity contribution in [1.29, 1.82) is 0 Å². The third kappa shape index (κ3) is 2.44. The van der Waals surface area contributed by atoms with Crippen LogP contribution < -0.4 is 0 Å². The molecule has 0 aliphatic carbocycles. The van der Waals surface area contributed by atoms with Gasteiger partial charge in [-0.15, -0.1) is 11.3 Å². The Morgan fingerprint density at radius 2 is 1.74 bits per heavy atom. The van der Waals surface area contributed by atoms with E-state index >= 15 is 0 Å². The number of ketones is 1. The molecule has 0 bridgehead atoms. The van der Waals surface area contributed by atoms with Crippen LogP contribution in [0.5, 0.6) is 0 Å². The lowest BCUT2D eigenvalue weighted by molar-refractivity contribution is 0.103. The Morgan fingerprint density at radius 3 is 2.47 bits per heavy atom. The minimum atomic E-state index is -0.0606. The molecule has 2 heterocycles. The van der Waals surface area contributed by atoms with Gasteiger partial charge in [0, 0.05) is 28.9 Å². The average Bonchev–Trinajstić information content (AvgIpc) is 2.98. The van der Waals surface area contributed by atoms with E-state index in [1.165, 1.54) is 11.3 Å². The zero-order chi connectivity index (χ0) is 13.1. The van der Waals surface area contributed by atoms with Crippen molar-refractivity contribution in [2.45, 2.75) is 0 Å². The molecule has 0 saturated carbocycles. The maximum absolute atomic E-state index is 12.2. The molecule has 4 heteroatoms. The summed E-state index contributed by atoms with van der Waals surface area (Å²) in [4.78, 5) is 20.5. The number of hydrogen-bond acceptors (Lipinski definition) is 4. The van der Waals surface area contributed by atoms with Gasteiger partial charge in [0.05, 0.1) is 5.69 Å². The van der Waals surface area contributed by atoms with Crippen LogP contribution in [0.3, 0.4) is 0 Å². The highest BCUT2D eigenvalue weighted by molar-refractivity contribution is 7.12. The summed E-state index contributed by atoms with van der Waals surface area (Å²) in [7, 11) is 0. The molecule has 3 rings (SSSR count). The summed E-state index contributed by atoms with van der Waals surface area (Å²) < 4.78 is 0. The van der Waals surface area contributed by atoms with E-state index in [0.717, 1.165) is 11.3 Å². The number of rotatable bonds is 3. The van der Waals surface area contributed by atoms with Gasteiger partial charge in [-0.1, -0.05) is 30.3 Å². The molecule has 92 valence electrons. The third-order valence-corrected chi connectivity index (χ3v) is 3.55. The highest BCUT2D eigenvalue weighted by Crippen LogP contribution is 2.23. The number of carbonyl (C=O) groups excluding carboxylic acids is 1. The zero-order valence-corrected chi connectivity index (χ0v) is 10.8. The minimum absolute atomic E-state index is 0.0606. The molecule has 0 aliphatic rings. The fourth-order valence-electron chi connectivity index (χ4n) is 1.75. The largest absolute Gasteiger partial charge is 0.286 e. The quantitative estimate of drug-likeness (QED) is 0.682. The van der Waals surface area contributed by atoms with Crippen LogP contribution in [0.4, 0.5) is 0 Å². The van der Waals surface area contributed by atoms with Gasteiger partial charge >= 0.3 is 0 Å². The van der Waals surface area contributed by atoms with Crippen molar-refractivity contribution in [3.05, 3.63) is 70.8 Å². The molecule has 3 aromatic rings. The predicted molar refractivity (Wildman–Crippen MR) is 75.2 cm³/mol. The summed E-state index contributed by atoms with van der Waals surface area (Å²) in [5, 5.41) is 2.41. The van der Waals surface area contributed by atoms with E-state index in [0.29, 0.717) is 10.6 Å². The molecule has 0 saturated heterocycles. The Kier molecular flexibility index (Phi) is 3.16. The van der Waals surface area contributed by atoms with E-state index in [1.54, 1.807) is 24.5 Å². The van der Waals surface area contributed by atoms with Crippen molar-refractivity contribution >= 4 is 17.1 Å². The van der Waals surface area contributed by atoms with Crippen LogP contribution in [-0.4, -0.2) is 15.8 Å². The van der Waals surface area contributed by atoms with Gasteiger partial charge in [-0.25, -0.2) is 4.98 Å². The summed E-state index contributed by atoms with van der Waals surface area (Å²) >= 11 is 1.37. The van der Waals surface area contributed by atoms with Gasteiger partial charge in [0.25, 0.3) is 0 Å². The second-order valence-electron chi connectivity index (χ2n) is 3.97. The lowest BCUT2D eigenvalue weighted by atomic mass is 10.1. The molecule has 2 aromatic heterocycles. The van der Waals surface area contributed by atoms with E-state index in [9.17, 15) is 4.79 Å². The first-order valence-electron chi connectivity index (χ1n) is 5.80. The van der Waals surface area contributed by atoms with E-state index in [-0.39, 0.29) is 5.78 Å². The summed E-state index contributed by atoms with van der Waals surface area (Å²) in [6.45, 7) is 0. The van der Waals surface area contributed by atoms with Gasteiger partial charge in [0.2, 0.25) is 5.78 Å². The van der Waals surface area contributed by atoms with Crippen LogP contribution in [0.1, 0.15) is 15.4 Å². The van der Waals surface area contributed by atoms with Crippen molar-refractivity contribution < 1.29 is 4.79 Å². The van der Waals surface area contributed by atoms with Crippen molar-refractivity contribution in [2.75, 3.05) is 0 Å². The number of nitrogens with zero attached hydrogens (tertiary/aromatic N) is 2. The Morgan fingerprint density at radius 1 is 1.00 bits per heavy atom. The lowest BCUT2D eigenvalue weighted by Crippen LogP contribution is -2.00. The zero-order valence-electron chi connectivity index (χ0n) is 9.98. The SMILES string of the molecule is O=C(c1ccncc1)c1nc(-c2ccccc2)cs1. The highest BCUT2D eigenvalue weighted by Gasteiger charge is 2.13. The van der Waals surface area contributed by atoms with Gasteiger partial charge in [-0.3, -0.25) is 9.78 Å². The van der Waals surface area contributed by atoms with Crippen molar-refractivity contribution in [3.8, 4) is 11.3 Å². The number of carbonyl (C=O) groups is 1. The first-order valence-corrected chi connectivity index (χ1v) is 6.68. The molecule has 0 atom stereocenters. The normalized spacial score (nSPS) is 10.3. The molecule has 0 amide bonds.